The number of hydrogen-bond acceptors (Lipinski definition) is 5. The van der Waals surface area contributed by atoms with Gasteiger partial charge in [-0.15, -0.1) is 0 Å². The van der Waals surface area contributed by atoms with Crippen molar-refractivity contribution in [2.75, 3.05) is 13.1 Å². The van der Waals surface area contributed by atoms with Crippen LogP contribution in [0.15, 0.2) is 24.5 Å². The molecule has 2 aromatic heterocycles. The third kappa shape index (κ3) is 3.78. The smallest absolute Gasteiger partial charge is 0.273 e. The number of nitrogens with zero attached hydrogens (tertiary/aromatic N) is 4. The van der Waals surface area contributed by atoms with Crippen LogP contribution >= 0.6 is 0 Å². The highest BCUT2D eigenvalue weighted by Gasteiger charge is 2.21. The Hall–Kier alpha value is -2.90. The van der Waals surface area contributed by atoms with Crippen LogP contribution in [0.2, 0.25) is 0 Å². The maximum atomic E-state index is 12.5. The fourth-order valence-electron chi connectivity index (χ4n) is 2.95. The summed E-state index contributed by atoms with van der Waals surface area (Å²) in [5.41, 5.74) is 2.22. The van der Waals surface area contributed by atoms with E-state index in [0.717, 1.165) is 18.5 Å². The van der Waals surface area contributed by atoms with Gasteiger partial charge in [-0.25, -0.2) is 4.98 Å². The van der Waals surface area contributed by atoms with E-state index in [9.17, 15) is 14.7 Å². The lowest BCUT2D eigenvalue weighted by molar-refractivity contribution is -0.131. The van der Waals surface area contributed by atoms with Gasteiger partial charge in [-0.2, -0.15) is 5.10 Å². The molecule has 2 amide bonds. The van der Waals surface area contributed by atoms with E-state index >= 15 is 0 Å². The Bertz CT molecular complexity index is 786. The van der Waals surface area contributed by atoms with Gasteiger partial charge in [0.25, 0.3) is 5.91 Å². The SMILES string of the molecule is Cn1ncc2c1CN(C(=O)CCNC(=O)c1ncccc1O)CCC2. The minimum Gasteiger partial charge on any atom is -0.505 e. The monoisotopic (exact) mass is 343 g/mol. The summed E-state index contributed by atoms with van der Waals surface area (Å²) in [6, 6.07) is 2.94. The summed E-state index contributed by atoms with van der Waals surface area (Å²) < 4.78 is 1.81. The summed E-state index contributed by atoms with van der Waals surface area (Å²) in [4.78, 5) is 30.1. The van der Waals surface area contributed by atoms with E-state index in [1.807, 2.05) is 17.9 Å². The summed E-state index contributed by atoms with van der Waals surface area (Å²) in [5.74, 6) is -0.683. The van der Waals surface area contributed by atoms with E-state index < -0.39 is 5.91 Å². The molecule has 0 saturated carbocycles. The number of hydrogen-bond donors (Lipinski definition) is 2. The molecular formula is C17H21N5O3. The number of aryl methyl sites for hydroxylation is 2. The van der Waals surface area contributed by atoms with Crippen LogP contribution in [-0.2, 0) is 24.8 Å². The van der Waals surface area contributed by atoms with Crippen LogP contribution in [0.1, 0.15) is 34.6 Å². The molecule has 8 heteroatoms. The predicted octanol–water partition coefficient (Wildman–Crippen LogP) is 0.616. The molecule has 1 aliphatic rings. The van der Waals surface area contributed by atoms with Crippen LogP contribution < -0.4 is 5.32 Å². The minimum atomic E-state index is -0.490. The Labute approximate surface area is 145 Å². The van der Waals surface area contributed by atoms with E-state index in [2.05, 4.69) is 15.4 Å². The average Bonchev–Trinajstić information content (AvgIpc) is 2.82. The van der Waals surface area contributed by atoms with Crippen molar-refractivity contribution in [1.82, 2.24) is 25.0 Å². The minimum absolute atomic E-state index is 0.0143. The van der Waals surface area contributed by atoms with E-state index in [1.165, 1.54) is 17.8 Å². The van der Waals surface area contributed by atoms with E-state index in [1.54, 1.807) is 11.0 Å². The molecule has 0 spiro atoms. The van der Waals surface area contributed by atoms with Gasteiger partial charge in [-0.1, -0.05) is 0 Å². The second kappa shape index (κ2) is 7.33. The molecule has 132 valence electrons. The molecule has 0 unspecified atom stereocenters. The van der Waals surface area contributed by atoms with Gasteiger partial charge < -0.3 is 15.3 Å². The van der Waals surface area contributed by atoms with Crippen molar-refractivity contribution in [2.24, 2.45) is 7.05 Å². The van der Waals surface area contributed by atoms with Crippen molar-refractivity contribution in [1.29, 1.82) is 0 Å². The Morgan fingerprint density at radius 1 is 1.40 bits per heavy atom. The second-order valence-electron chi connectivity index (χ2n) is 6.04. The quantitative estimate of drug-likeness (QED) is 0.847. The first-order chi connectivity index (χ1) is 12.1. The summed E-state index contributed by atoms with van der Waals surface area (Å²) >= 11 is 0. The van der Waals surface area contributed by atoms with E-state index in [-0.39, 0.29) is 30.3 Å². The summed E-state index contributed by atoms with van der Waals surface area (Å²) in [7, 11) is 1.88. The highest BCUT2D eigenvalue weighted by Crippen LogP contribution is 2.18. The molecule has 0 aromatic carbocycles. The van der Waals surface area contributed by atoms with Crippen molar-refractivity contribution in [3.8, 4) is 5.75 Å². The van der Waals surface area contributed by atoms with Crippen LogP contribution in [0, 0.1) is 0 Å². The highest BCUT2D eigenvalue weighted by atomic mass is 16.3. The Morgan fingerprint density at radius 2 is 2.24 bits per heavy atom. The molecule has 0 saturated heterocycles. The highest BCUT2D eigenvalue weighted by molar-refractivity contribution is 5.94. The first-order valence-electron chi connectivity index (χ1n) is 8.26. The fraction of sp³-hybridized carbons (Fsp3) is 0.412. The summed E-state index contributed by atoms with van der Waals surface area (Å²) in [5, 5.41) is 16.5. The molecule has 0 aliphatic carbocycles. The number of aromatic nitrogens is 3. The topological polar surface area (TPSA) is 100 Å². The van der Waals surface area contributed by atoms with E-state index in [0.29, 0.717) is 13.1 Å². The Morgan fingerprint density at radius 3 is 3.04 bits per heavy atom. The standard InChI is InChI=1S/C17H21N5O3/c1-21-13-11-22(9-3-4-12(13)10-20-21)15(24)6-8-19-17(25)16-14(23)5-2-7-18-16/h2,5,7,10,23H,3-4,6,8-9,11H2,1H3,(H,19,25). The predicted molar refractivity (Wildman–Crippen MR) is 89.8 cm³/mol. The lowest BCUT2D eigenvalue weighted by atomic mass is 10.1. The molecule has 25 heavy (non-hydrogen) atoms. The number of fused-ring (bicyclic) bond motifs is 1. The summed E-state index contributed by atoms with van der Waals surface area (Å²) in [6.45, 7) is 1.44. The van der Waals surface area contributed by atoms with Crippen LogP contribution in [0.25, 0.3) is 0 Å². The van der Waals surface area contributed by atoms with Gasteiger partial charge in [-0.05, 0) is 30.5 Å². The Kier molecular flexibility index (Phi) is 4.97. The third-order valence-corrected chi connectivity index (χ3v) is 4.34. The summed E-state index contributed by atoms with van der Waals surface area (Å²) in [6.07, 6.45) is 5.32. The number of rotatable bonds is 4. The van der Waals surface area contributed by atoms with Gasteiger partial charge in [0.2, 0.25) is 5.91 Å². The normalized spacial score (nSPS) is 13.9. The molecule has 0 atom stereocenters. The van der Waals surface area contributed by atoms with E-state index in [4.69, 9.17) is 0 Å². The molecule has 1 aliphatic heterocycles. The molecule has 2 aromatic rings. The van der Waals surface area contributed by atoms with Crippen molar-refractivity contribution >= 4 is 11.8 Å². The van der Waals surface area contributed by atoms with Crippen LogP contribution in [0.5, 0.6) is 5.75 Å². The first-order valence-corrected chi connectivity index (χ1v) is 8.26. The van der Waals surface area contributed by atoms with Gasteiger partial charge in [0.1, 0.15) is 5.75 Å². The lowest BCUT2D eigenvalue weighted by Gasteiger charge is -2.21. The second-order valence-corrected chi connectivity index (χ2v) is 6.04. The largest absolute Gasteiger partial charge is 0.505 e. The number of pyridine rings is 1. The fourth-order valence-corrected chi connectivity index (χ4v) is 2.95. The zero-order valence-corrected chi connectivity index (χ0v) is 14.1. The zero-order chi connectivity index (χ0) is 17.8. The van der Waals surface area contributed by atoms with Crippen molar-refractivity contribution in [3.05, 3.63) is 41.5 Å². The number of carbonyl (C=O) groups is 2. The van der Waals surface area contributed by atoms with Crippen molar-refractivity contribution in [2.45, 2.75) is 25.8 Å². The molecule has 3 rings (SSSR count). The number of amides is 2. The van der Waals surface area contributed by atoms with Crippen LogP contribution in [-0.4, -0.2) is 49.7 Å². The van der Waals surface area contributed by atoms with Gasteiger partial charge >= 0.3 is 0 Å². The third-order valence-electron chi connectivity index (χ3n) is 4.34. The number of aromatic hydroxyl groups is 1. The molecule has 0 bridgehead atoms. The number of carbonyl (C=O) groups excluding carboxylic acids is 2. The molecule has 3 heterocycles. The molecule has 8 nitrogen and oxygen atoms in total. The maximum Gasteiger partial charge on any atom is 0.273 e. The van der Waals surface area contributed by atoms with Crippen molar-refractivity contribution in [3.63, 3.8) is 0 Å². The molecule has 0 radical (unpaired) electrons. The van der Waals surface area contributed by atoms with Crippen LogP contribution in [0.4, 0.5) is 0 Å². The number of nitrogens with one attached hydrogen (secondary N) is 1. The van der Waals surface area contributed by atoms with Gasteiger partial charge in [0.15, 0.2) is 5.69 Å². The molecular weight excluding hydrogens is 322 g/mol. The Balaban J connectivity index is 1.54. The van der Waals surface area contributed by atoms with Gasteiger partial charge in [-0.3, -0.25) is 14.3 Å². The molecule has 2 N–H and O–H groups in total. The average molecular weight is 343 g/mol. The van der Waals surface area contributed by atoms with Crippen molar-refractivity contribution < 1.29 is 14.7 Å². The zero-order valence-electron chi connectivity index (χ0n) is 14.1. The van der Waals surface area contributed by atoms with Gasteiger partial charge in [0.05, 0.1) is 18.4 Å². The maximum absolute atomic E-state index is 12.5. The van der Waals surface area contributed by atoms with Crippen LogP contribution in [0.3, 0.4) is 0 Å². The molecule has 0 fully saturated rings. The van der Waals surface area contributed by atoms with Gasteiger partial charge in [0, 0.05) is 32.8 Å². The lowest BCUT2D eigenvalue weighted by Crippen LogP contribution is -2.35. The first kappa shape index (κ1) is 16.9.